The first kappa shape index (κ1) is 26.9. The fourth-order valence-corrected chi connectivity index (χ4v) is 3.71. The third kappa shape index (κ3) is 7.43. The highest BCUT2D eigenvalue weighted by atomic mass is 19.2. The van der Waals surface area contributed by atoms with Crippen molar-refractivity contribution in [2.45, 2.75) is 19.3 Å². The summed E-state index contributed by atoms with van der Waals surface area (Å²) in [5.74, 6) is -1.28. The molecule has 12 heteroatoms. The Morgan fingerprint density at radius 3 is 2.87 bits per heavy atom. The van der Waals surface area contributed by atoms with Crippen LogP contribution in [0.4, 0.5) is 26.2 Å². The fraction of sp³-hybridized carbons (Fsp3) is 0.308. The van der Waals surface area contributed by atoms with Crippen LogP contribution in [-0.2, 0) is 11.2 Å². The van der Waals surface area contributed by atoms with E-state index in [0.717, 1.165) is 30.8 Å². The number of unbranched alkanes of at least 4 members (excludes halogenated alkanes) is 1. The first-order valence-electron chi connectivity index (χ1n) is 12.2. The van der Waals surface area contributed by atoms with Gasteiger partial charge in [-0.15, -0.1) is 0 Å². The van der Waals surface area contributed by atoms with Crippen molar-refractivity contribution in [3.63, 3.8) is 0 Å². The summed E-state index contributed by atoms with van der Waals surface area (Å²) in [5.41, 5.74) is 0.919. The molecule has 10 nitrogen and oxygen atoms in total. The molecule has 2 aromatic heterocycles. The molecule has 0 aliphatic heterocycles. The van der Waals surface area contributed by atoms with E-state index in [1.54, 1.807) is 12.3 Å². The van der Waals surface area contributed by atoms with Gasteiger partial charge in [-0.05, 0) is 50.7 Å². The lowest BCUT2D eigenvalue weighted by Crippen LogP contribution is -2.23. The molecule has 0 saturated carbocycles. The lowest BCUT2D eigenvalue weighted by atomic mass is 10.2. The van der Waals surface area contributed by atoms with Crippen LogP contribution in [0.25, 0.3) is 10.9 Å². The molecule has 0 saturated heterocycles. The van der Waals surface area contributed by atoms with Gasteiger partial charge in [0.2, 0.25) is 11.9 Å². The molecule has 38 heavy (non-hydrogen) atoms. The van der Waals surface area contributed by atoms with E-state index in [4.69, 9.17) is 9.84 Å². The second-order valence-electron chi connectivity index (χ2n) is 8.73. The van der Waals surface area contributed by atoms with Crippen molar-refractivity contribution < 1.29 is 23.4 Å². The molecule has 4 rings (SSSR count). The third-order valence-electron chi connectivity index (χ3n) is 5.69. The number of H-pyrrole nitrogens is 1. The molecular formula is C26H29F2N7O3. The molecule has 200 valence electrons. The fourth-order valence-electron chi connectivity index (χ4n) is 3.71. The van der Waals surface area contributed by atoms with Crippen LogP contribution < -0.4 is 15.4 Å². The van der Waals surface area contributed by atoms with Crippen molar-refractivity contribution in [3.8, 4) is 5.75 Å². The van der Waals surface area contributed by atoms with Crippen molar-refractivity contribution in [3.05, 3.63) is 66.0 Å². The van der Waals surface area contributed by atoms with E-state index in [1.165, 1.54) is 12.1 Å². The SMILES string of the molecule is CN(CCO)CCCCOc1ccc2cnc(Nc3cc(CC(=O)Nc4cccc(F)c4F)[nH]n3)nc2c1. The van der Waals surface area contributed by atoms with Gasteiger partial charge < -0.3 is 25.4 Å². The summed E-state index contributed by atoms with van der Waals surface area (Å²) in [6, 6.07) is 10.8. The predicted molar refractivity (Wildman–Crippen MR) is 139 cm³/mol. The van der Waals surface area contributed by atoms with Crippen LogP contribution in [0.3, 0.4) is 0 Å². The summed E-state index contributed by atoms with van der Waals surface area (Å²) in [4.78, 5) is 23.1. The van der Waals surface area contributed by atoms with Crippen molar-refractivity contribution in [1.82, 2.24) is 25.1 Å². The van der Waals surface area contributed by atoms with E-state index in [1.807, 2.05) is 25.2 Å². The van der Waals surface area contributed by atoms with Gasteiger partial charge in [-0.2, -0.15) is 5.10 Å². The maximum atomic E-state index is 13.8. The Balaban J connectivity index is 1.31. The topological polar surface area (TPSA) is 128 Å². The Morgan fingerprint density at radius 2 is 2.03 bits per heavy atom. The Hall–Kier alpha value is -4.16. The number of aliphatic hydroxyl groups excluding tert-OH is 1. The number of hydrogen-bond acceptors (Lipinski definition) is 8. The van der Waals surface area contributed by atoms with E-state index in [-0.39, 0.29) is 18.7 Å². The number of hydrogen-bond donors (Lipinski definition) is 4. The maximum absolute atomic E-state index is 13.8. The lowest BCUT2D eigenvalue weighted by molar-refractivity contribution is -0.115. The van der Waals surface area contributed by atoms with Gasteiger partial charge in [-0.1, -0.05) is 6.07 Å². The molecule has 0 spiro atoms. The summed E-state index contributed by atoms with van der Waals surface area (Å²) in [5, 5.41) is 22.0. The van der Waals surface area contributed by atoms with Gasteiger partial charge in [0.05, 0.1) is 30.8 Å². The quantitative estimate of drug-likeness (QED) is 0.195. The Kier molecular flexibility index (Phi) is 9.11. The van der Waals surface area contributed by atoms with Gasteiger partial charge in [0, 0.05) is 36.0 Å². The summed E-state index contributed by atoms with van der Waals surface area (Å²) in [6.07, 6.45) is 3.41. The number of aromatic amines is 1. The van der Waals surface area contributed by atoms with E-state index in [9.17, 15) is 13.6 Å². The first-order valence-corrected chi connectivity index (χ1v) is 12.2. The highest BCUT2D eigenvalue weighted by molar-refractivity contribution is 5.92. The van der Waals surface area contributed by atoms with Crippen LogP contribution in [0.2, 0.25) is 0 Å². The number of amides is 1. The van der Waals surface area contributed by atoms with Gasteiger partial charge in [0.1, 0.15) is 5.75 Å². The number of nitrogens with zero attached hydrogens (tertiary/aromatic N) is 4. The van der Waals surface area contributed by atoms with Crippen molar-refractivity contribution in [2.24, 2.45) is 0 Å². The molecular weight excluding hydrogens is 496 g/mol. The summed E-state index contributed by atoms with van der Waals surface area (Å²) in [7, 11) is 1.98. The van der Waals surface area contributed by atoms with Crippen molar-refractivity contribution >= 4 is 34.3 Å². The normalized spacial score (nSPS) is 11.2. The molecule has 0 fully saturated rings. The average molecular weight is 526 g/mol. The molecule has 0 bridgehead atoms. The van der Waals surface area contributed by atoms with Crippen LogP contribution in [0, 0.1) is 11.6 Å². The average Bonchev–Trinajstić information content (AvgIpc) is 3.32. The number of anilines is 3. The summed E-state index contributed by atoms with van der Waals surface area (Å²) >= 11 is 0. The molecule has 4 N–H and O–H groups in total. The maximum Gasteiger partial charge on any atom is 0.230 e. The number of fused-ring (bicyclic) bond motifs is 1. The highest BCUT2D eigenvalue weighted by Crippen LogP contribution is 2.22. The number of aliphatic hydroxyl groups is 1. The minimum Gasteiger partial charge on any atom is -0.494 e. The second-order valence-corrected chi connectivity index (χ2v) is 8.73. The zero-order valence-corrected chi connectivity index (χ0v) is 20.9. The van der Waals surface area contributed by atoms with Gasteiger partial charge in [-0.3, -0.25) is 9.89 Å². The summed E-state index contributed by atoms with van der Waals surface area (Å²) in [6.45, 7) is 2.29. The monoisotopic (exact) mass is 525 g/mol. The number of carbonyl (C=O) groups is 1. The van der Waals surface area contributed by atoms with E-state index in [0.29, 0.717) is 41.9 Å². The van der Waals surface area contributed by atoms with Crippen LogP contribution in [-0.4, -0.2) is 69.4 Å². The number of benzene rings is 2. The second kappa shape index (κ2) is 12.9. The lowest BCUT2D eigenvalue weighted by Gasteiger charge is -2.14. The van der Waals surface area contributed by atoms with Crippen LogP contribution in [0.5, 0.6) is 5.75 Å². The minimum atomic E-state index is -1.11. The number of aromatic nitrogens is 4. The van der Waals surface area contributed by atoms with Gasteiger partial charge in [0.15, 0.2) is 17.5 Å². The van der Waals surface area contributed by atoms with Gasteiger partial charge in [-0.25, -0.2) is 18.7 Å². The molecule has 4 aromatic rings. The Morgan fingerprint density at radius 1 is 1.16 bits per heavy atom. The number of nitrogens with one attached hydrogen (secondary N) is 3. The molecule has 2 heterocycles. The smallest absolute Gasteiger partial charge is 0.230 e. The van der Waals surface area contributed by atoms with Crippen LogP contribution in [0.1, 0.15) is 18.5 Å². The number of halogens is 2. The minimum absolute atomic E-state index is 0.123. The van der Waals surface area contributed by atoms with E-state index >= 15 is 0 Å². The highest BCUT2D eigenvalue weighted by Gasteiger charge is 2.13. The zero-order chi connectivity index (χ0) is 26.9. The zero-order valence-electron chi connectivity index (χ0n) is 20.9. The number of carbonyl (C=O) groups excluding carboxylic acids is 1. The van der Waals surface area contributed by atoms with E-state index < -0.39 is 17.5 Å². The largest absolute Gasteiger partial charge is 0.494 e. The van der Waals surface area contributed by atoms with Crippen LogP contribution in [0.15, 0.2) is 48.7 Å². The van der Waals surface area contributed by atoms with Crippen molar-refractivity contribution in [1.29, 1.82) is 0 Å². The molecule has 0 atom stereocenters. The number of rotatable bonds is 13. The van der Waals surface area contributed by atoms with E-state index in [2.05, 4.69) is 35.7 Å². The predicted octanol–water partition coefficient (Wildman–Crippen LogP) is 3.64. The van der Waals surface area contributed by atoms with Gasteiger partial charge >= 0.3 is 0 Å². The number of likely N-dealkylation sites (N-methyl/N-ethyl adjacent to an activating group) is 1. The number of ether oxygens (including phenoxy) is 1. The molecule has 2 aromatic carbocycles. The molecule has 1 amide bonds. The summed E-state index contributed by atoms with van der Waals surface area (Å²) < 4.78 is 33.0. The first-order chi connectivity index (χ1) is 18.4. The van der Waals surface area contributed by atoms with Crippen molar-refractivity contribution in [2.75, 3.05) is 44.0 Å². The standard InChI is InChI=1S/C26H29F2N7O3/c1-35(10-11-36)9-2-3-12-38-19-8-7-17-16-29-26(31-22(17)15-19)32-23-13-18(33-34-23)14-24(37)30-21-6-4-5-20(27)25(21)28/h4-8,13,15-16,36H,2-3,9-12,14H2,1H3,(H,30,37)(H2,29,31,32,33,34). The van der Waals surface area contributed by atoms with Crippen LogP contribution >= 0.6 is 0 Å². The Bertz CT molecular complexity index is 1380. The molecule has 0 unspecified atom stereocenters. The molecule has 0 aliphatic carbocycles. The van der Waals surface area contributed by atoms with Gasteiger partial charge in [0.25, 0.3) is 0 Å². The third-order valence-corrected chi connectivity index (χ3v) is 5.69. The Labute approximate surface area is 218 Å². The molecule has 0 radical (unpaired) electrons. The molecule has 0 aliphatic rings.